The van der Waals surface area contributed by atoms with E-state index in [1.165, 1.54) is 12.1 Å². The van der Waals surface area contributed by atoms with Crippen LogP contribution in [0.5, 0.6) is 11.5 Å². The molecule has 2 aromatic rings. The molecule has 1 atom stereocenters. The highest BCUT2D eigenvalue weighted by atomic mass is 19.1. The average molecular weight is 247 g/mol. The van der Waals surface area contributed by atoms with Crippen LogP contribution in [0.3, 0.4) is 0 Å². The summed E-state index contributed by atoms with van der Waals surface area (Å²) in [7, 11) is 0. The monoisotopic (exact) mass is 247 g/mol. The van der Waals surface area contributed by atoms with Crippen LogP contribution in [0.2, 0.25) is 0 Å². The molecule has 0 radical (unpaired) electrons. The SMILES string of the molecule is NC(COc1cccc(F)c1)c1ccccc1O. The summed E-state index contributed by atoms with van der Waals surface area (Å²) >= 11 is 0. The third-order valence-electron chi connectivity index (χ3n) is 2.56. The molecule has 2 aromatic carbocycles. The molecule has 0 aromatic heterocycles. The predicted octanol–water partition coefficient (Wildman–Crippen LogP) is 2.61. The van der Waals surface area contributed by atoms with Crippen LogP contribution in [0.1, 0.15) is 11.6 Å². The Labute approximate surface area is 105 Å². The van der Waals surface area contributed by atoms with Gasteiger partial charge in [0.2, 0.25) is 0 Å². The van der Waals surface area contributed by atoms with Crippen LogP contribution in [0.25, 0.3) is 0 Å². The molecule has 0 aliphatic heterocycles. The molecule has 18 heavy (non-hydrogen) atoms. The molecule has 0 amide bonds. The maximum atomic E-state index is 12.9. The van der Waals surface area contributed by atoms with Crippen molar-refractivity contribution in [3.8, 4) is 11.5 Å². The number of rotatable bonds is 4. The molecule has 94 valence electrons. The molecule has 4 heteroatoms. The average Bonchev–Trinajstić information content (AvgIpc) is 2.37. The minimum absolute atomic E-state index is 0.132. The van der Waals surface area contributed by atoms with Gasteiger partial charge in [-0.3, -0.25) is 0 Å². The quantitative estimate of drug-likeness (QED) is 0.873. The molecule has 3 N–H and O–H groups in total. The van der Waals surface area contributed by atoms with E-state index in [1.807, 2.05) is 0 Å². The van der Waals surface area contributed by atoms with Crippen molar-refractivity contribution in [1.29, 1.82) is 0 Å². The second kappa shape index (κ2) is 5.51. The Hall–Kier alpha value is -2.07. The first-order chi connectivity index (χ1) is 8.66. The molecule has 1 unspecified atom stereocenters. The zero-order valence-corrected chi connectivity index (χ0v) is 9.71. The summed E-state index contributed by atoms with van der Waals surface area (Å²) < 4.78 is 18.3. The van der Waals surface area contributed by atoms with E-state index in [2.05, 4.69) is 0 Å². The van der Waals surface area contributed by atoms with Gasteiger partial charge in [-0.15, -0.1) is 0 Å². The number of phenolic OH excluding ortho intramolecular Hbond substituents is 1. The minimum atomic E-state index is -0.463. The standard InChI is InChI=1S/C14H14FNO2/c15-10-4-3-5-11(8-10)18-9-13(16)12-6-1-2-7-14(12)17/h1-8,13,17H,9,16H2. The van der Waals surface area contributed by atoms with E-state index in [-0.39, 0.29) is 18.2 Å². The van der Waals surface area contributed by atoms with Gasteiger partial charge in [0, 0.05) is 11.6 Å². The van der Waals surface area contributed by atoms with Crippen molar-refractivity contribution < 1.29 is 14.2 Å². The highest BCUT2D eigenvalue weighted by Crippen LogP contribution is 2.23. The number of para-hydroxylation sites is 1. The van der Waals surface area contributed by atoms with E-state index >= 15 is 0 Å². The van der Waals surface area contributed by atoms with Crippen molar-refractivity contribution in [2.45, 2.75) is 6.04 Å². The maximum absolute atomic E-state index is 12.9. The molecule has 0 aliphatic rings. The van der Waals surface area contributed by atoms with Gasteiger partial charge in [-0.1, -0.05) is 24.3 Å². The van der Waals surface area contributed by atoms with Crippen molar-refractivity contribution in [3.05, 3.63) is 59.9 Å². The summed E-state index contributed by atoms with van der Waals surface area (Å²) in [6.45, 7) is 0.168. The number of ether oxygens (including phenoxy) is 1. The summed E-state index contributed by atoms with van der Waals surface area (Å²) in [6, 6.07) is 12.2. The zero-order chi connectivity index (χ0) is 13.0. The Morgan fingerprint density at radius 2 is 1.94 bits per heavy atom. The smallest absolute Gasteiger partial charge is 0.126 e. The van der Waals surface area contributed by atoms with Crippen molar-refractivity contribution in [2.75, 3.05) is 6.61 Å². The lowest BCUT2D eigenvalue weighted by molar-refractivity contribution is 0.286. The third-order valence-corrected chi connectivity index (χ3v) is 2.56. The summed E-state index contributed by atoms with van der Waals surface area (Å²) in [5.74, 6) is 0.192. The van der Waals surface area contributed by atoms with Gasteiger partial charge in [0.1, 0.15) is 23.9 Å². The van der Waals surface area contributed by atoms with Crippen molar-refractivity contribution in [1.82, 2.24) is 0 Å². The summed E-state index contributed by atoms with van der Waals surface area (Å²) in [4.78, 5) is 0. The van der Waals surface area contributed by atoms with Crippen LogP contribution in [0.4, 0.5) is 4.39 Å². The molecule has 0 spiro atoms. The molecular formula is C14H14FNO2. The van der Waals surface area contributed by atoms with Gasteiger partial charge in [-0.25, -0.2) is 4.39 Å². The van der Waals surface area contributed by atoms with Crippen LogP contribution >= 0.6 is 0 Å². The van der Waals surface area contributed by atoms with Gasteiger partial charge in [-0.2, -0.15) is 0 Å². The van der Waals surface area contributed by atoms with Crippen LogP contribution < -0.4 is 10.5 Å². The fourth-order valence-corrected chi connectivity index (χ4v) is 1.63. The third kappa shape index (κ3) is 2.99. The topological polar surface area (TPSA) is 55.5 Å². The zero-order valence-electron chi connectivity index (χ0n) is 9.71. The van der Waals surface area contributed by atoms with Crippen LogP contribution in [-0.4, -0.2) is 11.7 Å². The maximum Gasteiger partial charge on any atom is 0.126 e. The predicted molar refractivity (Wildman–Crippen MR) is 66.9 cm³/mol. The summed E-state index contributed by atoms with van der Waals surface area (Å²) in [5.41, 5.74) is 6.51. The van der Waals surface area contributed by atoms with Crippen molar-refractivity contribution >= 4 is 0 Å². The van der Waals surface area contributed by atoms with Gasteiger partial charge >= 0.3 is 0 Å². The molecule has 0 saturated heterocycles. The second-order valence-electron chi connectivity index (χ2n) is 3.93. The number of aromatic hydroxyl groups is 1. The van der Waals surface area contributed by atoms with Crippen molar-refractivity contribution in [2.24, 2.45) is 5.73 Å². The van der Waals surface area contributed by atoms with Crippen LogP contribution in [0, 0.1) is 5.82 Å². The molecular weight excluding hydrogens is 233 g/mol. The van der Waals surface area contributed by atoms with E-state index < -0.39 is 6.04 Å². The Balaban J connectivity index is 2.00. The number of phenols is 1. The molecule has 0 heterocycles. The lowest BCUT2D eigenvalue weighted by Crippen LogP contribution is -2.19. The fourth-order valence-electron chi connectivity index (χ4n) is 1.63. The summed E-state index contributed by atoms with van der Waals surface area (Å²) in [6.07, 6.45) is 0. The van der Waals surface area contributed by atoms with Crippen molar-refractivity contribution in [3.63, 3.8) is 0 Å². The molecule has 0 bridgehead atoms. The van der Waals surface area contributed by atoms with Crippen LogP contribution in [0.15, 0.2) is 48.5 Å². The van der Waals surface area contributed by atoms with E-state index in [0.29, 0.717) is 11.3 Å². The number of hydrogen-bond acceptors (Lipinski definition) is 3. The number of halogens is 1. The van der Waals surface area contributed by atoms with Gasteiger partial charge in [0.15, 0.2) is 0 Å². The van der Waals surface area contributed by atoms with E-state index in [1.54, 1.807) is 36.4 Å². The Kier molecular flexibility index (Phi) is 3.79. The lowest BCUT2D eigenvalue weighted by Gasteiger charge is -2.14. The Morgan fingerprint density at radius 3 is 2.67 bits per heavy atom. The number of benzene rings is 2. The van der Waals surface area contributed by atoms with Crippen LogP contribution in [-0.2, 0) is 0 Å². The molecule has 2 rings (SSSR count). The van der Waals surface area contributed by atoms with Gasteiger partial charge in [-0.05, 0) is 18.2 Å². The van der Waals surface area contributed by atoms with E-state index in [0.717, 1.165) is 0 Å². The van der Waals surface area contributed by atoms with E-state index in [9.17, 15) is 9.50 Å². The first-order valence-corrected chi connectivity index (χ1v) is 5.58. The summed E-state index contributed by atoms with van der Waals surface area (Å²) in [5, 5.41) is 9.63. The first-order valence-electron chi connectivity index (χ1n) is 5.58. The highest BCUT2D eigenvalue weighted by Gasteiger charge is 2.11. The lowest BCUT2D eigenvalue weighted by atomic mass is 10.1. The molecule has 0 saturated carbocycles. The largest absolute Gasteiger partial charge is 0.508 e. The fraction of sp³-hybridized carbons (Fsp3) is 0.143. The number of nitrogens with two attached hydrogens (primary N) is 1. The second-order valence-corrected chi connectivity index (χ2v) is 3.93. The van der Waals surface area contributed by atoms with E-state index in [4.69, 9.17) is 10.5 Å². The highest BCUT2D eigenvalue weighted by molar-refractivity contribution is 5.34. The first kappa shape index (κ1) is 12.4. The van der Waals surface area contributed by atoms with Gasteiger partial charge in [0.25, 0.3) is 0 Å². The Morgan fingerprint density at radius 1 is 1.17 bits per heavy atom. The van der Waals surface area contributed by atoms with Gasteiger partial charge in [0.05, 0.1) is 6.04 Å². The molecule has 3 nitrogen and oxygen atoms in total. The minimum Gasteiger partial charge on any atom is -0.508 e. The molecule has 0 aliphatic carbocycles. The Bertz CT molecular complexity index is 531. The van der Waals surface area contributed by atoms with Gasteiger partial charge < -0.3 is 15.6 Å². The normalized spacial score (nSPS) is 12.1. The number of hydrogen-bond donors (Lipinski definition) is 2. The molecule has 0 fully saturated rings.